The number of aromatic nitrogens is 1. The van der Waals surface area contributed by atoms with Crippen molar-refractivity contribution in [3.8, 4) is 0 Å². The Balaban J connectivity index is 1.78. The van der Waals surface area contributed by atoms with Gasteiger partial charge in [0.15, 0.2) is 0 Å². The molecule has 0 saturated heterocycles. The molecule has 1 aromatic rings. The fourth-order valence-electron chi connectivity index (χ4n) is 1.90. The first kappa shape index (κ1) is 10.7. The van der Waals surface area contributed by atoms with Crippen LogP contribution in [0.15, 0.2) is 18.3 Å². The van der Waals surface area contributed by atoms with Crippen molar-refractivity contribution in [2.24, 2.45) is 0 Å². The molecular weight excluding hydrogens is 184 g/mol. The first-order valence-electron chi connectivity index (χ1n) is 6.27. The highest BCUT2D eigenvalue weighted by Crippen LogP contribution is 2.19. The number of rotatable bonds is 7. The molecule has 2 heteroatoms. The van der Waals surface area contributed by atoms with Crippen molar-refractivity contribution in [1.29, 1.82) is 0 Å². The Morgan fingerprint density at radius 1 is 1.40 bits per heavy atom. The van der Waals surface area contributed by atoms with Gasteiger partial charge in [-0.1, -0.05) is 19.8 Å². The predicted molar refractivity (Wildman–Crippen MR) is 63.8 cm³/mol. The molecule has 0 aromatic carbocycles. The fourth-order valence-corrected chi connectivity index (χ4v) is 1.90. The van der Waals surface area contributed by atoms with Gasteiger partial charge in [-0.25, -0.2) is 0 Å². The maximum Gasteiger partial charge on any atom is 0.0361 e. The number of hydrogen-bond donors (Lipinski definition) is 1. The van der Waals surface area contributed by atoms with Gasteiger partial charge in [0.2, 0.25) is 0 Å². The molecule has 15 heavy (non-hydrogen) atoms. The molecule has 0 spiro atoms. The smallest absolute Gasteiger partial charge is 0.0361 e. The second-order valence-electron chi connectivity index (χ2n) is 4.56. The van der Waals surface area contributed by atoms with Gasteiger partial charge in [0.1, 0.15) is 0 Å². The van der Waals surface area contributed by atoms with Gasteiger partial charge in [-0.3, -0.25) is 0 Å². The summed E-state index contributed by atoms with van der Waals surface area (Å²) in [5.41, 5.74) is 1.44. The van der Waals surface area contributed by atoms with E-state index in [1.165, 1.54) is 44.3 Å². The van der Waals surface area contributed by atoms with E-state index >= 15 is 0 Å². The first-order valence-corrected chi connectivity index (χ1v) is 6.27. The third-order valence-corrected chi connectivity index (χ3v) is 3.08. The highest BCUT2D eigenvalue weighted by molar-refractivity contribution is 5.07. The summed E-state index contributed by atoms with van der Waals surface area (Å²) in [6.45, 7) is 4.48. The highest BCUT2D eigenvalue weighted by atomic mass is 15.0. The molecule has 0 unspecified atom stereocenters. The van der Waals surface area contributed by atoms with Crippen LogP contribution in [0, 0.1) is 0 Å². The van der Waals surface area contributed by atoms with Crippen molar-refractivity contribution in [2.75, 3.05) is 0 Å². The van der Waals surface area contributed by atoms with Crippen LogP contribution in [0.2, 0.25) is 0 Å². The summed E-state index contributed by atoms with van der Waals surface area (Å²) in [7, 11) is 0. The summed E-state index contributed by atoms with van der Waals surface area (Å²) >= 11 is 0. The molecule has 0 amide bonds. The van der Waals surface area contributed by atoms with E-state index < -0.39 is 0 Å². The maximum atomic E-state index is 3.57. The number of nitrogens with zero attached hydrogens (tertiary/aromatic N) is 1. The van der Waals surface area contributed by atoms with Gasteiger partial charge in [-0.05, 0) is 31.4 Å². The molecule has 1 saturated carbocycles. The Hall–Kier alpha value is -0.760. The van der Waals surface area contributed by atoms with Crippen molar-refractivity contribution in [1.82, 2.24) is 9.88 Å². The minimum Gasteiger partial charge on any atom is -0.350 e. The van der Waals surface area contributed by atoms with E-state index in [0.29, 0.717) is 0 Å². The van der Waals surface area contributed by atoms with Crippen molar-refractivity contribution < 1.29 is 0 Å². The topological polar surface area (TPSA) is 17.0 Å². The number of unbranched alkanes of at least 4 members (excludes halogenated alkanes) is 2. The van der Waals surface area contributed by atoms with E-state index in [4.69, 9.17) is 0 Å². The highest BCUT2D eigenvalue weighted by Gasteiger charge is 2.20. The van der Waals surface area contributed by atoms with Crippen LogP contribution in [0.5, 0.6) is 0 Å². The molecule has 2 nitrogen and oxygen atoms in total. The Labute approximate surface area is 92.7 Å². The average molecular weight is 206 g/mol. The van der Waals surface area contributed by atoms with Gasteiger partial charge in [0.05, 0.1) is 0 Å². The van der Waals surface area contributed by atoms with Crippen LogP contribution in [0.25, 0.3) is 0 Å². The third kappa shape index (κ3) is 3.38. The lowest BCUT2D eigenvalue weighted by atomic mass is 10.2. The van der Waals surface area contributed by atoms with Crippen LogP contribution in [0.1, 0.15) is 44.7 Å². The molecule has 1 aliphatic rings. The van der Waals surface area contributed by atoms with Crippen LogP contribution in [0.4, 0.5) is 0 Å². The molecule has 1 aromatic heterocycles. The summed E-state index contributed by atoms with van der Waals surface area (Å²) in [6, 6.07) is 5.21. The van der Waals surface area contributed by atoms with Crippen molar-refractivity contribution in [3.05, 3.63) is 24.0 Å². The van der Waals surface area contributed by atoms with Gasteiger partial charge in [-0.2, -0.15) is 0 Å². The molecule has 1 N–H and O–H groups in total. The lowest BCUT2D eigenvalue weighted by Crippen LogP contribution is -2.18. The molecule has 1 heterocycles. The van der Waals surface area contributed by atoms with Crippen LogP contribution < -0.4 is 5.32 Å². The maximum absolute atomic E-state index is 3.57. The molecule has 0 radical (unpaired) electrons. The minimum absolute atomic E-state index is 0.809. The van der Waals surface area contributed by atoms with Gasteiger partial charge < -0.3 is 9.88 Å². The van der Waals surface area contributed by atoms with Crippen molar-refractivity contribution in [2.45, 2.75) is 58.2 Å². The quantitative estimate of drug-likeness (QED) is 0.679. The van der Waals surface area contributed by atoms with E-state index in [9.17, 15) is 0 Å². The lowest BCUT2D eigenvalue weighted by molar-refractivity contribution is 0.564. The standard InChI is InChI=1S/C13H22N2/c1-2-3-4-9-15-10-5-6-13(15)11-14-12-7-8-12/h5-6,10,12,14H,2-4,7-9,11H2,1H3. The molecule has 1 aliphatic carbocycles. The van der Waals surface area contributed by atoms with Crippen LogP contribution in [-0.4, -0.2) is 10.6 Å². The van der Waals surface area contributed by atoms with E-state index in [1.807, 2.05) is 0 Å². The fraction of sp³-hybridized carbons (Fsp3) is 0.692. The van der Waals surface area contributed by atoms with Crippen LogP contribution in [-0.2, 0) is 13.1 Å². The molecule has 0 atom stereocenters. The molecule has 0 aliphatic heterocycles. The summed E-state index contributed by atoms with van der Waals surface area (Å²) in [5.74, 6) is 0. The SMILES string of the molecule is CCCCCn1cccc1CNC1CC1. The third-order valence-electron chi connectivity index (χ3n) is 3.08. The number of hydrogen-bond acceptors (Lipinski definition) is 1. The average Bonchev–Trinajstić information content (AvgIpc) is 2.97. The second kappa shape index (κ2) is 5.36. The Bertz CT molecular complexity index is 286. The molecular formula is C13H22N2. The Morgan fingerprint density at radius 2 is 2.27 bits per heavy atom. The van der Waals surface area contributed by atoms with Gasteiger partial charge in [0.25, 0.3) is 0 Å². The predicted octanol–water partition coefficient (Wildman–Crippen LogP) is 2.93. The van der Waals surface area contributed by atoms with E-state index in [0.717, 1.165) is 12.6 Å². The minimum atomic E-state index is 0.809. The summed E-state index contributed by atoms with van der Waals surface area (Å²) in [6.07, 6.45) is 8.90. The Kier molecular flexibility index (Phi) is 3.84. The zero-order valence-electron chi connectivity index (χ0n) is 9.71. The van der Waals surface area contributed by atoms with Crippen molar-refractivity contribution in [3.63, 3.8) is 0 Å². The van der Waals surface area contributed by atoms with Gasteiger partial charge >= 0.3 is 0 Å². The van der Waals surface area contributed by atoms with E-state index in [2.05, 4.69) is 35.1 Å². The largest absolute Gasteiger partial charge is 0.350 e. The monoisotopic (exact) mass is 206 g/mol. The summed E-state index contributed by atoms with van der Waals surface area (Å²) in [4.78, 5) is 0. The van der Waals surface area contributed by atoms with Gasteiger partial charge in [-0.15, -0.1) is 0 Å². The zero-order valence-corrected chi connectivity index (χ0v) is 9.71. The summed E-state index contributed by atoms with van der Waals surface area (Å²) in [5, 5.41) is 3.57. The molecule has 2 rings (SSSR count). The molecule has 1 fully saturated rings. The van der Waals surface area contributed by atoms with E-state index in [1.54, 1.807) is 0 Å². The first-order chi connectivity index (χ1) is 7.40. The zero-order chi connectivity index (χ0) is 10.5. The Morgan fingerprint density at radius 3 is 3.00 bits per heavy atom. The second-order valence-corrected chi connectivity index (χ2v) is 4.56. The van der Waals surface area contributed by atoms with Crippen LogP contribution >= 0.6 is 0 Å². The van der Waals surface area contributed by atoms with E-state index in [-0.39, 0.29) is 0 Å². The normalized spacial score (nSPS) is 15.8. The number of nitrogens with one attached hydrogen (secondary N) is 1. The van der Waals surface area contributed by atoms with Crippen molar-refractivity contribution >= 4 is 0 Å². The molecule has 0 bridgehead atoms. The summed E-state index contributed by atoms with van der Waals surface area (Å²) < 4.78 is 2.39. The molecule has 84 valence electrons. The lowest BCUT2D eigenvalue weighted by Gasteiger charge is -2.09. The number of aryl methyl sites for hydroxylation is 1. The van der Waals surface area contributed by atoms with Crippen LogP contribution in [0.3, 0.4) is 0 Å². The van der Waals surface area contributed by atoms with Gasteiger partial charge in [0, 0.05) is 31.0 Å².